The van der Waals surface area contributed by atoms with Gasteiger partial charge in [0.1, 0.15) is 0 Å². The van der Waals surface area contributed by atoms with Crippen LogP contribution in [0.1, 0.15) is 42.5 Å². The Kier molecular flexibility index (Phi) is 6.61. The van der Waals surface area contributed by atoms with Gasteiger partial charge in [-0.25, -0.2) is 4.98 Å². The van der Waals surface area contributed by atoms with Crippen molar-refractivity contribution in [2.75, 3.05) is 0 Å². The molecule has 2 heterocycles. The molecule has 0 radical (unpaired) electrons. The van der Waals surface area contributed by atoms with E-state index >= 15 is 0 Å². The molecule has 5 nitrogen and oxygen atoms in total. The smallest absolute Gasteiger partial charge is 0.181 e. The minimum Gasteiger partial charge on any atom is -0.310 e. The van der Waals surface area contributed by atoms with Crippen molar-refractivity contribution in [1.29, 1.82) is 5.26 Å². The largest absolute Gasteiger partial charge is 0.310 e. The second-order valence-corrected chi connectivity index (χ2v) is 11.8. The van der Waals surface area contributed by atoms with Crippen LogP contribution in [0.5, 0.6) is 0 Å². The predicted octanol–water partition coefficient (Wildman–Crippen LogP) is 9.64. The summed E-state index contributed by atoms with van der Waals surface area (Å²) in [6, 6.07) is 35.5. The number of nitrogens with one attached hydrogen (secondary N) is 1. The van der Waals surface area contributed by atoms with Gasteiger partial charge in [0.25, 0.3) is 0 Å². The first-order valence-corrected chi connectivity index (χ1v) is 15.5. The molecule has 1 N–H and O–H groups in total. The Balaban J connectivity index is 1.34. The molecule has 0 spiro atoms. The molecule has 6 aromatic rings. The van der Waals surface area contributed by atoms with E-state index in [1.165, 1.54) is 22.2 Å². The van der Waals surface area contributed by atoms with Gasteiger partial charge in [0, 0.05) is 28.1 Å². The molecule has 0 saturated carbocycles. The summed E-state index contributed by atoms with van der Waals surface area (Å²) in [5.74, 6) is 1.87. The van der Waals surface area contributed by atoms with Crippen molar-refractivity contribution < 1.29 is 0 Å². The van der Waals surface area contributed by atoms with Crippen LogP contribution in [0.3, 0.4) is 0 Å². The van der Waals surface area contributed by atoms with Gasteiger partial charge in [-0.15, -0.1) is 0 Å². The zero-order valence-corrected chi connectivity index (χ0v) is 25.0. The minimum atomic E-state index is 0.274. The third kappa shape index (κ3) is 4.63. The summed E-state index contributed by atoms with van der Waals surface area (Å²) in [7, 11) is 0. The molecule has 0 fully saturated rings. The summed E-state index contributed by atoms with van der Waals surface area (Å²) in [5, 5.41) is 19.0. The molecule has 2 unspecified atom stereocenters. The Morgan fingerprint density at radius 2 is 1.69 bits per heavy atom. The van der Waals surface area contributed by atoms with Gasteiger partial charge in [0.2, 0.25) is 0 Å². The van der Waals surface area contributed by atoms with Gasteiger partial charge in [0.05, 0.1) is 22.8 Å². The number of aromatic amines is 1. The van der Waals surface area contributed by atoms with Gasteiger partial charge in [-0.3, -0.25) is 5.10 Å². The van der Waals surface area contributed by atoms with Crippen LogP contribution in [0.15, 0.2) is 127 Å². The molecule has 0 amide bonds. The van der Waals surface area contributed by atoms with E-state index in [0.29, 0.717) is 23.1 Å². The zero-order valence-electron chi connectivity index (χ0n) is 25.0. The first-order valence-electron chi connectivity index (χ1n) is 15.5. The first kappa shape index (κ1) is 26.9. The quantitative estimate of drug-likeness (QED) is 0.220. The SMILES string of the molecule is CC1c2c(n(-c3ccccc3)c3cccc(-c4cc(C#N)cc(-c5n[nH]c(-c6ccccc6)n5)c4)c23)C=CC1C1=CC=CCC1. The monoisotopic (exact) mass is 581 g/mol. The number of allylic oxidation sites excluding steroid dienone is 5. The number of hydrogen-bond acceptors (Lipinski definition) is 3. The van der Waals surface area contributed by atoms with E-state index in [4.69, 9.17) is 4.98 Å². The van der Waals surface area contributed by atoms with Gasteiger partial charge < -0.3 is 4.57 Å². The Morgan fingerprint density at radius 3 is 2.47 bits per heavy atom. The summed E-state index contributed by atoms with van der Waals surface area (Å²) in [4.78, 5) is 4.81. The molecule has 0 bridgehead atoms. The lowest BCUT2D eigenvalue weighted by molar-refractivity contribution is 0.588. The lowest BCUT2D eigenvalue weighted by atomic mass is 9.75. The maximum Gasteiger partial charge on any atom is 0.181 e. The van der Waals surface area contributed by atoms with Crippen LogP contribution in [0.4, 0.5) is 0 Å². The Labute approximate surface area is 262 Å². The summed E-state index contributed by atoms with van der Waals surface area (Å²) in [6.07, 6.45) is 13.7. The molecule has 2 aliphatic carbocycles. The number of nitrogens with zero attached hydrogens (tertiary/aromatic N) is 4. The average Bonchev–Trinajstić information content (AvgIpc) is 3.73. The van der Waals surface area contributed by atoms with E-state index in [1.807, 2.05) is 42.5 Å². The van der Waals surface area contributed by atoms with E-state index in [2.05, 4.69) is 113 Å². The fourth-order valence-electron chi connectivity index (χ4n) is 7.09. The van der Waals surface area contributed by atoms with Crippen LogP contribution in [0.25, 0.3) is 56.6 Å². The normalized spacial score (nSPS) is 17.2. The highest BCUT2D eigenvalue weighted by molar-refractivity contribution is 6.02. The molecule has 45 heavy (non-hydrogen) atoms. The number of benzene rings is 4. The average molecular weight is 582 g/mol. The fourth-order valence-corrected chi connectivity index (χ4v) is 7.09. The molecule has 5 heteroatoms. The van der Waals surface area contributed by atoms with Gasteiger partial charge in [-0.05, 0) is 77.9 Å². The molecule has 0 saturated heterocycles. The Morgan fingerprint density at radius 1 is 0.889 bits per heavy atom. The molecular formula is C40H31N5. The van der Waals surface area contributed by atoms with Crippen molar-refractivity contribution in [3.8, 4) is 45.7 Å². The van der Waals surface area contributed by atoms with Crippen LogP contribution in [-0.4, -0.2) is 19.7 Å². The third-order valence-electron chi connectivity index (χ3n) is 9.18. The van der Waals surface area contributed by atoms with Gasteiger partial charge >= 0.3 is 0 Å². The summed E-state index contributed by atoms with van der Waals surface area (Å²) < 4.78 is 2.39. The van der Waals surface area contributed by atoms with Crippen LogP contribution in [-0.2, 0) is 0 Å². The zero-order chi connectivity index (χ0) is 30.3. The highest BCUT2D eigenvalue weighted by atomic mass is 15.2. The maximum absolute atomic E-state index is 10.1. The van der Waals surface area contributed by atoms with Crippen molar-refractivity contribution in [3.63, 3.8) is 0 Å². The lowest BCUT2D eigenvalue weighted by Gasteiger charge is -2.29. The van der Waals surface area contributed by atoms with Crippen LogP contribution < -0.4 is 0 Å². The maximum atomic E-state index is 10.1. The molecule has 2 aromatic heterocycles. The molecule has 2 atom stereocenters. The number of hydrogen-bond donors (Lipinski definition) is 1. The number of H-pyrrole nitrogens is 1. The standard InChI is InChI=1S/C40H31N5/c1-26-33(28-12-5-2-6-13-28)20-21-36-37(26)38-34(18-11-19-35(38)45(36)32-16-9-4-10-17-32)30-22-27(25-41)23-31(24-30)40-42-39(43-44-40)29-14-7-3-8-15-29/h2-5,7-12,14-24,26,33H,6,13H2,1H3,(H,42,43,44). The lowest BCUT2D eigenvalue weighted by Crippen LogP contribution is -2.16. The van der Waals surface area contributed by atoms with Crippen LogP contribution in [0.2, 0.25) is 0 Å². The van der Waals surface area contributed by atoms with Crippen molar-refractivity contribution in [3.05, 3.63) is 144 Å². The van der Waals surface area contributed by atoms with Gasteiger partial charge in [0.15, 0.2) is 11.6 Å². The molecular weight excluding hydrogens is 550 g/mol. The predicted molar refractivity (Wildman–Crippen MR) is 182 cm³/mol. The van der Waals surface area contributed by atoms with Crippen molar-refractivity contribution in [1.82, 2.24) is 19.7 Å². The Hall–Kier alpha value is -5.73. The van der Waals surface area contributed by atoms with Crippen LogP contribution in [0, 0.1) is 17.2 Å². The summed E-state index contributed by atoms with van der Waals surface area (Å²) in [6.45, 7) is 2.37. The summed E-state index contributed by atoms with van der Waals surface area (Å²) >= 11 is 0. The molecule has 8 rings (SSSR count). The highest BCUT2D eigenvalue weighted by Crippen LogP contribution is 2.48. The van der Waals surface area contributed by atoms with Crippen molar-refractivity contribution >= 4 is 17.0 Å². The fraction of sp³-hybridized carbons (Fsp3) is 0.125. The van der Waals surface area contributed by atoms with Crippen molar-refractivity contribution in [2.24, 2.45) is 5.92 Å². The second kappa shape index (κ2) is 11.1. The third-order valence-corrected chi connectivity index (χ3v) is 9.18. The first-order chi connectivity index (χ1) is 22.2. The molecule has 216 valence electrons. The second-order valence-electron chi connectivity index (χ2n) is 11.8. The highest BCUT2D eigenvalue weighted by Gasteiger charge is 2.32. The number of aromatic nitrogens is 4. The molecule has 4 aromatic carbocycles. The topological polar surface area (TPSA) is 70.3 Å². The molecule has 2 aliphatic rings. The van der Waals surface area contributed by atoms with Gasteiger partial charge in [-0.1, -0.05) is 97.5 Å². The van der Waals surface area contributed by atoms with E-state index in [1.54, 1.807) is 0 Å². The molecule has 0 aliphatic heterocycles. The Bertz CT molecular complexity index is 2190. The number of para-hydroxylation sites is 1. The van der Waals surface area contributed by atoms with E-state index in [9.17, 15) is 5.26 Å². The number of rotatable bonds is 5. The number of nitriles is 1. The van der Waals surface area contributed by atoms with Crippen molar-refractivity contribution in [2.45, 2.75) is 25.7 Å². The van der Waals surface area contributed by atoms with Gasteiger partial charge in [-0.2, -0.15) is 10.4 Å². The van der Waals surface area contributed by atoms with Crippen LogP contribution >= 0.6 is 0 Å². The van der Waals surface area contributed by atoms with E-state index in [-0.39, 0.29) is 5.92 Å². The minimum absolute atomic E-state index is 0.274. The van der Waals surface area contributed by atoms with E-state index < -0.39 is 0 Å². The van der Waals surface area contributed by atoms with E-state index in [0.717, 1.165) is 46.3 Å². The number of fused-ring (bicyclic) bond motifs is 3. The summed E-state index contributed by atoms with van der Waals surface area (Å²) in [5.41, 5.74) is 10.8.